The van der Waals surface area contributed by atoms with E-state index in [4.69, 9.17) is 9.47 Å². The third-order valence-electron chi connectivity index (χ3n) is 4.45. The Bertz CT molecular complexity index is 717. The van der Waals surface area contributed by atoms with Gasteiger partial charge in [0.05, 0.1) is 6.04 Å². The molecule has 1 fully saturated rings. The number of nitrogens with zero attached hydrogens (tertiary/aromatic N) is 3. The van der Waals surface area contributed by atoms with Gasteiger partial charge in [0, 0.05) is 39.4 Å². The van der Waals surface area contributed by atoms with E-state index in [0.717, 1.165) is 11.3 Å². The van der Waals surface area contributed by atoms with E-state index in [9.17, 15) is 9.59 Å². The van der Waals surface area contributed by atoms with Crippen LogP contribution in [0.25, 0.3) is 0 Å². The molecule has 0 radical (unpaired) electrons. The second-order valence-electron chi connectivity index (χ2n) is 9.60. The molecule has 1 unspecified atom stereocenters. The monoisotopic (exact) mass is 405 g/mol. The zero-order valence-corrected chi connectivity index (χ0v) is 19.0. The van der Waals surface area contributed by atoms with Crippen molar-refractivity contribution in [1.29, 1.82) is 0 Å². The van der Waals surface area contributed by atoms with Gasteiger partial charge >= 0.3 is 12.2 Å². The third-order valence-corrected chi connectivity index (χ3v) is 4.45. The van der Waals surface area contributed by atoms with Gasteiger partial charge in [-0.3, -0.25) is 4.90 Å². The molecule has 7 nitrogen and oxygen atoms in total. The molecule has 2 rings (SSSR count). The first-order valence-electron chi connectivity index (χ1n) is 10.0. The van der Waals surface area contributed by atoms with Crippen LogP contribution in [0, 0.1) is 0 Å². The highest BCUT2D eigenvalue weighted by molar-refractivity contribution is 5.71. The number of amides is 2. The Kier molecular flexibility index (Phi) is 6.71. The summed E-state index contributed by atoms with van der Waals surface area (Å²) in [5.74, 6) is 0. The summed E-state index contributed by atoms with van der Waals surface area (Å²) in [7, 11) is 3.96. The average molecular weight is 406 g/mol. The quantitative estimate of drug-likeness (QED) is 0.735. The number of hydrogen-bond acceptors (Lipinski definition) is 5. The Morgan fingerprint density at radius 3 is 1.90 bits per heavy atom. The van der Waals surface area contributed by atoms with Crippen LogP contribution >= 0.6 is 0 Å². The molecule has 2 amide bonds. The second kappa shape index (κ2) is 8.51. The third kappa shape index (κ3) is 6.54. The summed E-state index contributed by atoms with van der Waals surface area (Å²) in [5.41, 5.74) is 0.869. The van der Waals surface area contributed by atoms with Crippen LogP contribution in [0.4, 0.5) is 15.3 Å². The summed E-state index contributed by atoms with van der Waals surface area (Å²) >= 11 is 0. The molecule has 0 N–H and O–H groups in total. The highest BCUT2D eigenvalue weighted by Crippen LogP contribution is 2.29. The summed E-state index contributed by atoms with van der Waals surface area (Å²) in [6.07, 6.45) is -0.737. The molecular weight excluding hydrogens is 370 g/mol. The molecule has 0 aromatic heterocycles. The summed E-state index contributed by atoms with van der Waals surface area (Å²) in [4.78, 5) is 30.8. The first-order valence-corrected chi connectivity index (χ1v) is 10.0. The van der Waals surface area contributed by atoms with Crippen molar-refractivity contribution in [1.82, 2.24) is 9.80 Å². The fraction of sp³-hybridized carbons (Fsp3) is 0.636. The van der Waals surface area contributed by atoms with Crippen molar-refractivity contribution in [2.24, 2.45) is 0 Å². The molecule has 1 atom stereocenters. The predicted octanol–water partition coefficient (Wildman–Crippen LogP) is 4.28. The zero-order chi connectivity index (χ0) is 22.0. The van der Waals surface area contributed by atoms with Crippen molar-refractivity contribution in [2.75, 3.05) is 38.6 Å². The van der Waals surface area contributed by atoms with Crippen LogP contribution in [-0.2, 0) is 9.47 Å². The fourth-order valence-electron chi connectivity index (χ4n) is 3.09. The molecule has 162 valence electrons. The van der Waals surface area contributed by atoms with Gasteiger partial charge in [0.15, 0.2) is 0 Å². The van der Waals surface area contributed by atoms with Crippen LogP contribution in [-0.4, -0.2) is 66.9 Å². The number of carbonyl (C=O) groups is 2. The Morgan fingerprint density at radius 2 is 1.41 bits per heavy atom. The summed E-state index contributed by atoms with van der Waals surface area (Å²) < 4.78 is 11.1. The molecule has 0 aliphatic carbocycles. The van der Waals surface area contributed by atoms with Crippen molar-refractivity contribution >= 4 is 17.9 Å². The van der Waals surface area contributed by atoms with E-state index in [2.05, 4.69) is 0 Å². The molecule has 1 saturated heterocycles. The van der Waals surface area contributed by atoms with Crippen molar-refractivity contribution < 1.29 is 19.1 Å². The number of ether oxygens (including phenoxy) is 2. The Labute approximate surface area is 174 Å². The maximum atomic E-state index is 12.8. The van der Waals surface area contributed by atoms with Gasteiger partial charge in [-0.2, -0.15) is 0 Å². The Morgan fingerprint density at radius 1 is 0.897 bits per heavy atom. The van der Waals surface area contributed by atoms with Gasteiger partial charge in [0.25, 0.3) is 0 Å². The molecule has 29 heavy (non-hydrogen) atoms. The van der Waals surface area contributed by atoms with Crippen molar-refractivity contribution in [3.05, 3.63) is 29.8 Å². The molecule has 1 heterocycles. The molecule has 7 heteroatoms. The fourth-order valence-corrected chi connectivity index (χ4v) is 3.09. The van der Waals surface area contributed by atoms with Gasteiger partial charge in [-0.05, 0) is 59.2 Å². The topological polar surface area (TPSA) is 62.3 Å². The van der Waals surface area contributed by atoms with Crippen molar-refractivity contribution in [2.45, 2.75) is 58.8 Å². The standard InChI is InChI=1S/C22H35N3O4/c1-21(2,3)28-19(26)24-13-14-25(20(27)29-22(4,5)6)18(15-24)16-9-11-17(12-10-16)23(7)8/h9-12,18H,13-15H2,1-8H3. The van der Waals surface area contributed by atoms with Gasteiger partial charge < -0.3 is 19.3 Å². The highest BCUT2D eigenvalue weighted by Gasteiger charge is 2.37. The highest BCUT2D eigenvalue weighted by atomic mass is 16.6. The van der Waals surface area contributed by atoms with Crippen LogP contribution in [0.1, 0.15) is 53.1 Å². The molecule has 1 aliphatic rings. The van der Waals surface area contributed by atoms with Gasteiger partial charge in [0.1, 0.15) is 11.2 Å². The average Bonchev–Trinajstić information content (AvgIpc) is 2.58. The first kappa shape index (κ1) is 22.8. The number of hydrogen-bond donors (Lipinski definition) is 0. The van der Waals surface area contributed by atoms with Crippen molar-refractivity contribution in [3.8, 4) is 0 Å². The molecule has 0 bridgehead atoms. The number of carbonyl (C=O) groups excluding carboxylic acids is 2. The normalized spacial score (nSPS) is 17.7. The van der Waals surface area contributed by atoms with E-state index < -0.39 is 11.2 Å². The van der Waals surface area contributed by atoms with Crippen LogP contribution in [0.3, 0.4) is 0 Å². The SMILES string of the molecule is CN(C)c1ccc(C2CN(C(=O)OC(C)(C)C)CCN2C(=O)OC(C)(C)C)cc1. The number of benzene rings is 1. The largest absolute Gasteiger partial charge is 0.444 e. The molecule has 1 aliphatic heterocycles. The smallest absolute Gasteiger partial charge is 0.410 e. The minimum Gasteiger partial charge on any atom is -0.444 e. The predicted molar refractivity (Wildman–Crippen MR) is 114 cm³/mol. The zero-order valence-electron chi connectivity index (χ0n) is 19.0. The van der Waals surface area contributed by atoms with Gasteiger partial charge in [-0.15, -0.1) is 0 Å². The maximum Gasteiger partial charge on any atom is 0.410 e. The number of anilines is 1. The number of piperazine rings is 1. The van der Waals surface area contributed by atoms with Crippen LogP contribution in [0.15, 0.2) is 24.3 Å². The van der Waals surface area contributed by atoms with E-state index >= 15 is 0 Å². The van der Waals surface area contributed by atoms with Gasteiger partial charge in [-0.25, -0.2) is 9.59 Å². The first-order chi connectivity index (χ1) is 13.3. The summed E-state index contributed by atoms with van der Waals surface area (Å²) in [6.45, 7) is 12.2. The van der Waals surface area contributed by atoms with E-state index in [1.165, 1.54) is 0 Å². The van der Waals surface area contributed by atoms with E-state index in [0.29, 0.717) is 19.6 Å². The second-order valence-corrected chi connectivity index (χ2v) is 9.60. The lowest BCUT2D eigenvalue weighted by Crippen LogP contribution is -2.54. The molecule has 1 aromatic carbocycles. The van der Waals surface area contributed by atoms with Crippen molar-refractivity contribution in [3.63, 3.8) is 0 Å². The van der Waals surface area contributed by atoms with Gasteiger partial charge in [-0.1, -0.05) is 12.1 Å². The Hall–Kier alpha value is -2.44. The lowest BCUT2D eigenvalue weighted by atomic mass is 10.0. The molecule has 1 aromatic rings. The van der Waals surface area contributed by atoms with Gasteiger partial charge in [0.2, 0.25) is 0 Å². The lowest BCUT2D eigenvalue weighted by Gasteiger charge is -2.42. The Balaban J connectivity index is 2.28. The van der Waals surface area contributed by atoms with E-state index in [-0.39, 0.29) is 18.2 Å². The van der Waals surface area contributed by atoms with Crippen LogP contribution in [0.2, 0.25) is 0 Å². The minimum atomic E-state index is -0.585. The van der Waals surface area contributed by atoms with E-state index in [1.807, 2.05) is 84.8 Å². The number of rotatable bonds is 2. The molecule has 0 spiro atoms. The minimum absolute atomic E-state index is 0.303. The van der Waals surface area contributed by atoms with Crippen LogP contribution < -0.4 is 4.90 Å². The summed E-state index contributed by atoms with van der Waals surface area (Å²) in [6, 6.07) is 7.71. The van der Waals surface area contributed by atoms with Crippen LogP contribution in [0.5, 0.6) is 0 Å². The summed E-state index contributed by atoms with van der Waals surface area (Å²) in [5, 5.41) is 0. The maximum absolute atomic E-state index is 12.8. The lowest BCUT2D eigenvalue weighted by molar-refractivity contribution is -0.0152. The molecule has 0 saturated carbocycles. The molecular formula is C22H35N3O4. The van der Waals surface area contributed by atoms with E-state index in [1.54, 1.807) is 9.80 Å².